The van der Waals surface area contributed by atoms with Crippen LogP contribution in [-0.2, 0) is 23.2 Å². The van der Waals surface area contributed by atoms with Gasteiger partial charge in [0.05, 0.1) is 13.2 Å². The van der Waals surface area contributed by atoms with E-state index in [1.54, 1.807) is 0 Å². The van der Waals surface area contributed by atoms with Crippen LogP contribution < -0.4 is 0 Å². The summed E-state index contributed by atoms with van der Waals surface area (Å²) in [6.07, 6.45) is 0.165. The average molecular weight is 347 g/mol. The van der Waals surface area contributed by atoms with E-state index in [0.29, 0.717) is 13.2 Å². The number of hydrogen-bond acceptors (Lipinski definition) is 4. The fourth-order valence-corrected chi connectivity index (χ4v) is 4.80. The van der Waals surface area contributed by atoms with Crippen molar-refractivity contribution >= 4 is 11.3 Å². The van der Waals surface area contributed by atoms with E-state index in [1.807, 2.05) is 19.9 Å². The van der Waals surface area contributed by atoms with Crippen molar-refractivity contribution in [3.8, 4) is 0 Å². The van der Waals surface area contributed by atoms with Crippen LogP contribution in [0.1, 0.15) is 42.0 Å². The second-order valence-corrected chi connectivity index (χ2v) is 6.96. The highest BCUT2D eigenvalue weighted by molar-refractivity contribution is 7.12. The van der Waals surface area contributed by atoms with E-state index in [1.165, 1.54) is 21.8 Å². The summed E-state index contributed by atoms with van der Waals surface area (Å²) in [6.45, 7) is 7.34. The first-order valence-corrected chi connectivity index (χ1v) is 9.32. The topological polar surface area (TPSA) is 32.7 Å². The fourth-order valence-electron chi connectivity index (χ4n) is 3.38. The number of piperidine rings is 1. The summed E-state index contributed by atoms with van der Waals surface area (Å²) in [5.74, 6) is 0. The van der Waals surface area contributed by atoms with Crippen LogP contribution in [0.25, 0.3) is 0 Å². The number of rotatable bonds is 4. The summed E-state index contributed by atoms with van der Waals surface area (Å²) in [5, 5.41) is 9.02. The van der Waals surface area contributed by atoms with E-state index < -0.39 is 6.43 Å². The molecule has 132 valence electrons. The van der Waals surface area contributed by atoms with E-state index in [4.69, 9.17) is 9.84 Å². The number of β-amino-alcohol motifs (C(OH)–C–C–N with tert-alkyl or cyclic N) is 1. The van der Waals surface area contributed by atoms with Crippen molar-refractivity contribution in [2.45, 2.75) is 51.6 Å². The Bertz CT molecular complexity index is 485. The number of likely N-dealkylation sites (tertiary alicyclic amines) is 1. The minimum Gasteiger partial charge on any atom is -0.395 e. The summed E-state index contributed by atoms with van der Waals surface area (Å²) >= 11 is 1.51. The molecule has 3 rings (SSSR count). The highest BCUT2D eigenvalue weighted by Crippen LogP contribution is 2.45. The lowest BCUT2D eigenvalue weighted by atomic mass is 9.85. The van der Waals surface area contributed by atoms with Crippen LogP contribution in [0.2, 0.25) is 0 Å². The quantitative estimate of drug-likeness (QED) is 0.906. The van der Waals surface area contributed by atoms with Crippen molar-refractivity contribution in [2.24, 2.45) is 0 Å². The molecule has 1 spiro atoms. The van der Waals surface area contributed by atoms with Crippen LogP contribution in [-0.4, -0.2) is 49.3 Å². The molecule has 0 radical (unpaired) electrons. The molecule has 1 N–H and O–H groups in total. The molecule has 0 amide bonds. The Kier molecular flexibility index (Phi) is 6.95. The molecule has 0 unspecified atom stereocenters. The predicted molar refractivity (Wildman–Crippen MR) is 89.5 cm³/mol. The smallest absolute Gasteiger partial charge is 0.243 e. The summed E-state index contributed by atoms with van der Waals surface area (Å²) in [7, 11) is 0. The first-order valence-electron chi connectivity index (χ1n) is 8.50. The molecule has 0 saturated carbocycles. The van der Waals surface area contributed by atoms with Crippen molar-refractivity contribution in [2.75, 3.05) is 32.8 Å². The van der Waals surface area contributed by atoms with Gasteiger partial charge in [-0.05, 0) is 30.9 Å². The summed E-state index contributed by atoms with van der Waals surface area (Å²) in [5.41, 5.74) is 0.933. The molecule has 2 aliphatic rings. The summed E-state index contributed by atoms with van der Waals surface area (Å²) < 4.78 is 31.3. The first-order chi connectivity index (χ1) is 11.1. The van der Waals surface area contributed by atoms with Gasteiger partial charge in [0.2, 0.25) is 6.43 Å². The monoisotopic (exact) mass is 347 g/mol. The molecular formula is C17H27F2NO2S. The number of fused-ring (bicyclic) bond motifs is 2. The molecule has 1 aromatic heterocycles. The van der Waals surface area contributed by atoms with Crippen LogP contribution >= 0.6 is 11.3 Å². The molecule has 1 saturated heterocycles. The number of nitrogens with zero attached hydrogens (tertiary/aromatic N) is 1. The van der Waals surface area contributed by atoms with Gasteiger partial charge in [-0.3, -0.25) is 0 Å². The van der Waals surface area contributed by atoms with E-state index >= 15 is 0 Å². The number of alkyl halides is 2. The van der Waals surface area contributed by atoms with Crippen LogP contribution in [0.3, 0.4) is 0 Å². The Morgan fingerprint density at radius 1 is 1.35 bits per heavy atom. The maximum atomic E-state index is 12.6. The minimum absolute atomic E-state index is 0.148. The lowest BCUT2D eigenvalue weighted by molar-refractivity contribution is -0.0959. The zero-order chi connectivity index (χ0) is 16.9. The average Bonchev–Trinajstić information content (AvgIpc) is 2.95. The maximum absolute atomic E-state index is 12.6. The fraction of sp³-hybridized carbons (Fsp3) is 0.765. The van der Waals surface area contributed by atoms with Crippen molar-refractivity contribution in [3.05, 3.63) is 21.4 Å². The third-order valence-electron chi connectivity index (χ3n) is 4.46. The van der Waals surface area contributed by atoms with E-state index in [-0.39, 0.29) is 18.6 Å². The number of aliphatic hydroxyl groups excluding tert-OH is 1. The third kappa shape index (κ3) is 4.29. The van der Waals surface area contributed by atoms with Crippen molar-refractivity contribution < 1.29 is 18.6 Å². The third-order valence-corrected chi connectivity index (χ3v) is 5.84. The van der Waals surface area contributed by atoms with Crippen LogP contribution in [0.5, 0.6) is 0 Å². The van der Waals surface area contributed by atoms with Gasteiger partial charge in [0.1, 0.15) is 5.60 Å². The normalized spacial score (nSPS) is 20.3. The van der Waals surface area contributed by atoms with Gasteiger partial charge in [0.25, 0.3) is 0 Å². The Morgan fingerprint density at radius 2 is 2.04 bits per heavy atom. The van der Waals surface area contributed by atoms with Crippen LogP contribution in [0, 0.1) is 0 Å². The van der Waals surface area contributed by atoms with Gasteiger partial charge in [-0.1, -0.05) is 13.8 Å². The molecule has 3 nitrogen and oxygen atoms in total. The Labute approximate surface area is 141 Å². The number of halogens is 2. The zero-order valence-corrected chi connectivity index (χ0v) is 14.8. The number of aliphatic hydroxyl groups is 1. The van der Waals surface area contributed by atoms with Gasteiger partial charge < -0.3 is 14.7 Å². The number of thiophene rings is 1. The van der Waals surface area contributed by atoms with Gasteiger partial charge in [0.15, 0.2) is 0 Å². The van der Waals surface area contributed by atoms with E-state index in [9.17, 15) is 8.78 Å². The molecule has 0 atom stereocenters. The number of hydrogen-bond donors (Lipinski definition) is 1. The Hall–Kier alpha value is -0.560. The molecule has 0 aliphatic carbocycles. The highest BCUT2D eigenvalue weighted by atomic mass is 32.1. The molecule has 3 heterocycles. The van der Waals surface area contributed by atoms with E-state index in [0.717, 1.165) is 37.2 Å². The minimum atomic E-state index is -2.28. The Morgan fingerprint density at radius 3 is 2.65 bits per heavy atom. The molecule has 1 aromatic rings. The first kappa shape index (κ1) is 18.8. The van der Waals surface area contributed by atoms with Gasteiger partial charge in [-0.2, -0.15) is 0 Å². The SMILES string of the molecule is CC.OCCN1CCC2(CC1)OCCc1cc(CC(F)F)sc12. The maximum Gasteiger partial charge on any atom is 0.243 e. The lowest BCUT2D eigenvalue weighted by Crippen LogP contribution is -2.46. The Balaban J connectivity index is 0.000000924. The predicted octanol–water partition coefficient (Wildman–Crippen LogP) is 3.44. The summed E-state index contributed by atoms with van der Waals surface area (Å²) in [4.78, 5) is 4.18. The van der Waals surface area contributed by atoms with Gasteiger partial charge >= 0.3 is 0 Å². The molecule has 2 aliphatic heterocycles. The molecule has 23 heavy (non-hydrogen) atoms. The van der Waals surface area contributed by atoms with Gasteiger partial charge in [-0.25, -0.2) is 8.78 Å². The van der Waals surface area contributed by atoms with Crippen molar-refractivity contribution in [1.82, 2.24) is 4.90 Å². The van der Waals surface area contributed by atoms with Gasteiger partial charge in [-0.15, -0.1) is 11.3 Å². The lowest BCUT2D eigenvalue weighted by Gasteiger charge is -2.43. The van der Waals surface area contributed by atoms with E-state index in [2.05, 4.69) is 4.90 Å². The molecule has 0 bridgehead atoms. The molecule has 6 heteroatoms. The summed E-state index contributed by atoms with van der Waals surface area (Å²) in [6, 6.07) is 1.95. The standard InChI is InChI=1S/C15H21F2NO2S.C2H6/c16-13(17)10-12-9-11-1-8-20-15(14(11)21-12)2-4-18(5-3-15)6-7-19;1-2/h9,13,19H,1-8,10H2;1-2H3. The zero-order valence-electron chi connectivity index (χ0n) is 14.0. The highest BCUT2D eigenvalue weighted by Gasteiger charge is 2.42. The van der Waals surface area contributed by atoms with Crippen molar-refractivity contribution in [1.29, 1.82) is 0 Å². The van der Waals surface area contributed by atoms with Crippen LogP contribution in [0.15, 0.2) is 6.07 Å². The van der Waals surface area contributed by atoms with Crippen molar-refractivity contribution in [3.63, 3.8) is 0 Å². The second kappa shape index (κ2) is 8.51. The second-order valence-electron chi connectivity index (χ2n) is 5.82. The van der Waals surface area contributed by atoms with Crippen LogP contribution in [0.4, 0.5) is 8.78 Å². The number of ether oxygens (including phenoxy) is 1. The molecule has 1 fully saturated rings. The van der Waals surface area contributed by atoms with Gasteiger partial charge in [0, 0.05) is 35.8 Å². The molecular weight excluding hydrogens is 320 g/mol. The largest absolute Gasteiger partial charge is 0.395 e. The molecule has 0 aromatic carbocycles.